The van der Waals surface area contributed by atoms with E-state index in [0.29, 0.717) is 0 Å². The first kappa shape index (κ1) is 13.9. The van der Waals surface area contributed by atoms with Crippen molar-refractivity contribution < 1.29 is 9.47 Å². The molecule has 0 atom stereocenters. The monoisotopic (exact) mass is 230 g/mol. The van der Waals surface area contributed by atoms with Gasteiger partial charge in [-0.1, -0.05) is 0 Å². The molecule has 4 nitrogen and oxygen atoms in total. The molecule has 1 N–H and O–H groups in total. The van der Waals surface area contributed by atoms with Gasteiger partial charge in [0.2, 0.25) is 0 Å². The van der Waals surface area contributed by atoms with E-state index >= 15 is 0 Å². The molecule has 0 unspecified atom stereocenters. The van der Waals surface area contributed by atoms with Gasteiger partial charge >= 0.3 is 0 Å². The lowest BCUT2D eigenvalue weighted by Gasteiger charge is -2.31. The lowest BCUT2D eigenvalue weighted by Crippen LogP contribution is -2.39. The topological polar surface area (TPSA) is 33.7 Å². The van der Waals surface area contributed by atoms with E-state index in [0.717, 1.165) is 38.8 Å². The molecule has 4 heteroatoms. The van der Waals surface area contributed by atoms with Gasteiger partial charge in [-0.25, -0.2) is 0 Å². The highest BCUT2D eigenvalue weighted by Crippen LogP contribution is 2.15. The summed E-state index contributed by atoms with van der Waals surface area (Å²) in [5, 5.41) is 3.45. The van der Waals surface area contributed by atoms with Gasteiger partial charge in [0, 0.05) is 27.3 Å². The predicted molar refractivity (Wildman–Crippen MR) is 65.8 cm³/mol. The summed E-state index contributed by atoms with van der Waals surface area (Å²) in [5.74, 6) is 0.843. The Kier molecular flexibility index (Phi) is 7.76. The predicted octanol–water partition coefficient (Wildman–Crippen LogP) is 0.581. The average molecular weight is 230 g/mol. The zero-order valence-electron chi connectivity index (χ0n) is 10.7. The summed E-state index contributed by atoms with van der Waals surface area (Å²) in [7, 11) is 3.52. The van der Waals surface area contributed by atoms with Crippen LogP contribution in [0.25, 0.3) is 0 Å². The van der Waals surface area contributed by atoms with Gasteiger partial charge in [-0.05, 0) is 38.4 Å². The Balaban J connectivity index is 1.98. The van der Waals surface area contributed by atoms with E-state index in [9.17, 15) is 0 Å². The Morgan fingerprint density at radius 1 is 1.12 bits per heavy atom. The maximum Gasteiger partial charge on any atom is 0.0589 e. The summed E-state index contributed by atoms with van der Waals surface area (Å²) in [5.41, 5.74) is 0. The third-order valence-corrected chi connectivity index (χ3v) is 3.23. The number of hydrogen-bond donors (Lipinski definition) is 1. The third kappa shape index (κ3) is 5.80. The molecule has 1 aliphatic heterocycles. The van der Waals surface area contributed by atoms with Gasteiger partial charge in [0.1, 0.15) is 0 Å². The molecule has 0 aliphatic carbocycles. The minimum Gasteiger partial charge on any atom is -0.383 e. The number of likely N-dealkylation sites (tertiary alicyclic amines) is 1. The Labute approximate surface area is 99.3 Å². The molecule has 16 heavy (non-hydrogen) atoms. The summed E-state index contributed by atoms with van der Waals surface area (Å²) in [4.78, 5) is 2.50. The molecular formula is C12H26N2O2. The van der Waals surface area contributed by atoms with Crippen molar-refractivity contribution in [2.75, 3.05) is 60.2 Å². The van der Waals surface area contributed by atoms with Gasteiger partial charge in [0.25, 0.3) is 0 Å². The van der Waals surface area contributed by atoms with Crippen molar-refractivity contribution in [1.82, 2.24) is 10.2 Å². The Morgan fingerprint density at radius 3 is 2.44 bits per heavy atom. The van der Waals surface area contributed by atoms with Crippen LogP contribution in [0, 0.1) is 5.92 Å². The van der Waals surface area contributed by atoms with E-state index in [1.807, 2.05) is 0 Å². The highest BCUT2D eigenvalue weighted by Gasteiger charge is 2.18. The van der Waals surface area contributed by atoms with Crippen LogP contribution in [0.15, 0.2) is 0 Å². The molecule has 0 radical (unpaired) electrons. The van der Waals surface area contributed by atoms with Crippen molar-refractivity contribution in [2.24, 2.45) is 5.92 Å². The number of nitrogens with one attached hydrogen (secondary N) is 1. The number of nitrogens with zero attached hydrogens (tertiary/aromatic N) is 1. The van der Waals surface area contributed by atoms with Gasteiger partial charge in [-0.3, -0.25) is 0 Å². The van der Waals surface area contributed by atoms with E-state index in [2.05, 4.69) is 10.2 Å². The minimum absolute atomic E-state index is 0.812. The van der Waals surface area contributed by atoms with Crippen molar-refractivity contribution in [2.45, 2.75) is 12.8 Å². The lowest BCUT2D eigenvalue weighted by atomic mass is 9.97. The minimum atomic E-state index is 0.812. The van der Waals surface area contributed by atoms with Crippen LogP contribution in [0.3, 0.4) is 0 Å². The van der Waals surface area contributed by atoms with Gasteiger partial charge in [-0.2, -0.15) is 0 Å². The van der Waals surface area contributed by atoms with Crippen LogP contribution >= 0.6 is 0 Å². The lowest BCUT2D eigenvalue weighted by molar-refractivity contribution is 0.119. The number of methoxy groups -OCH3 is 2. The quantitative estimate of drug-likeness (QED) is 0.619. The molecule has 0 amide bonds. The van der Waals surface area contributed by atoms with Gasteiger partial charge < -0.3 is 19.7 Å². The van der Waals surface area contributed by atoms with Crippen molar-refractivity contribution >= 4 is 0 Å². The molecule has 0 aromatic rings. The molecule has 0 saturated carbocycles. The first-order chi connectivity index (χ1) is 7.86. The van der Waals surface area contributed by atoms with Crippen molar-refractivity contribution in [1.29, 1.82) is 0 Å². The smallest absolute Gasteiger partial charge is 0.0589 e. The molecular weight excluding hydrogens is 204 g/mol. The Morgan fingerprint density at radius 2 is 1.81 bits per heavy atom. The standard InChI is InChI=1S/C12H26N2O2/c1-15-9-5-13-11-12-3-6-14(7-4-12)8-10-16-2/h12-13H,3-11H2,1-2H3. The zero-order valence-corrected chi connectivity index (χ0v) is 10.7. The van der Waals surface area contributed by atoms with E-state index in [1.54, 1.807) is 14.2 Å². The second-order valence-electron chi connectivity index (χ2n) is 4.47. The molecule has 96 valence electrons. The fourth-order valence-corrected chi connectivity index (χ4v) is 2.11. The maximum atomic E-state index is 5.10. The highest BCUT2D eigenvalue weighted by atomic mass is 16.5. The molecule has 0 spiro atoms. The molecule has 0 aromatic heterocycles. The van der Waals surface area contributed by atoms with Crippen LogP contribution in [-0.2, 0) is 9.47 Å². The van der Waals surface area contributed by atoms with Gasteiger partial charge in [0.05, 0.1) is 13.2 Å². The summed E-state index contributed by atoms with van der Waals surface area (Å²) >= 11 is 0. The second kappa shape index (κ2) is 8.93. The maximum absolute atomic E-state index is 5.10. The summed E-state index contributed by atoms with van der Waals surface area (Å²) in [6, 6.07) is 0. The molecule has 1 rings (SSSR count). The van der Waals surface area contributed by atoms with Crippen LogP contribution in [-0.4, -0.2) is 65.1 Å². The van der Waals surface area contributed by atoms with Crippen LogP contribution in [0.2, 0.25) is 0 Å². The largest absolute Gasteiger partial charge is 0.383 e. The SMILES string of the molecule is COCCNCC1CCN(CCOC)CC1. The van der Waals surface area contributed by atoms with Gasteiger partial charge in [0.15, 0.2) is 0 Å². The normalized spacial score (nSPS) is 19.1. The number of hydrogen-bond acceptors (Lipinski definition) is 4. The first-order valence-corrected chi connectivity index (χ1v) is 6.27. The van der Waals surface area contributed by atoms with Crippen LogP contribution < -0.4 is 5.32 Å². The van der Waals surface area contributed by atoms with E-state index in [4.69, 9.17) is 9.47 Å². The summed E-state index contributed by atoms with van der Waals surface area (Å²) in [6.07, 6.45) is 2.62. The third-order valence-electron chi connectivity index (χ3n) is 3.23. The van der Waals surface area contributed by atoms with Crippen LogP contribution in [0.4, 0.5) is 0 Å². The number of piperidine rings is 1. The molecule has 1 saturated heterocycles. The zero-order chi connectivity index (χ0) is 11.6. The van der Waals surface area contributed by atoms with Gasteiger partial charge in [-0.15, -0.1) is 0 Å². The number of ether oxygens (including phenoxy) is 2. The molecule has 1 aliphatic rings. The van der Waals surface area contributed by atoms with E-state index in [-0.39, 0.29) is 0 Å². The van der Waals surface area contributed by atoms with E-state index in [1.165, 1.54) is 25.9 Å². The second-order valence-corrected chi connectivity index (χ2v) is 4.47. The average Bonchev–Trinajstić information content (AvgIpc) is 2.33. The Hall–Kier alpha value is -0.160. The first-order valence-electron chi connectivity index (χ1n) is 6.27. The molecule has 0 bridgehead atoms. The van der Waals surface area contributed by atoms with Crippen molar-refractivity contribution in [3.05, 3.63) is 0 Å². The fraction of sp³-hybridized carbons (Fsp3) is 1.00. The highest BCUT2D eigenvalue weighted by molar-refractivity contribution is 4.73. The summed E-state index contributed by atoms with van der Waals surface area (Å²) < 4.78 is 10.1. The van der Waals surface area contributed by atoms with E-state index < -0.39 is 0 Å². The molecule has 1 heterocycles. The van der Waals surface area contributed by atoms with Crippen LogP contribution in [0.5, 0.6) is 0 Å². The summed E-state index contributed by atoms with van der Waals surface area (Å²) in [6.45, 7) is 7.31. The molecule has 1 fully saturated rings. The van der Waals surface area contributed by atoms with Crippen molar-refractivity contribution in [3.63, 3.8) is 0 Å². The number of rotatable bonds is 8. The van der Waals surface area contributed by atoms with Crippen molar-refractivity contribution in [3.8, 4) is 0 Å². The Bertz CT molecular complexity index is 159. The fourth-order valence-electron chi connectivity index (χ4n) is 2.11. The molecule has 0 aromatic carbocycles. The van der Waals surface area contributed by atoms with Crippen LogP contribution in [0.1, 0.15) is 12.8 Å².